The van der Waals surface area contributed by atoms with Crippen molar-refractivity contribution in [1.82, 2.24) is 34.4 Å². The number of benzene rings is 1. The fourth-order valence-electron chi connectivity index (χ4n) is 4.83. The molecule has 0 atom stereocenters. The lowest BCUT2D eigenvalue weighted by Crippen LogP contribution is -2.62. The first-order valence-corrected chi connectivity index (χ1v) is 12.5. The lowest BCUT2D eigenvalue weighted by atomic mass is 9.87. The molecular weight excluding hydrogens is 485 g/mol. The normalized spacial score (nSPS) is 15.6. The van der Waals surface area contributed by atoms with Gasteiger partial charge in [0, 0.05) is 43.2 Å². The maximum absolute atomic E-state index is 13.7. The van der Waals surface area contributed by atoms with Crippen LogP contribution in [-0.4, -0.2) is 71.4 Å². The summed E-state index contributed by atoms with van der Waals surface area (Å²) in [5, 5.41) is 4.70. The van der Waals surface area contributed by atoms with Crippen LogP contribution in [0.5, 0.6) is 0 Å². The fourth-order valence-corrected chi connectivity index (χ4v) is 4.83. The average molecular weight is 516 g/mol. The van der Waals surface area contributed by atoms with E-state index in [1.807, 2.05) is 19.9 Å². The topological polar surface area (TPSA) is 96.6 Å². The molecule has 3 aromatic heterocycles. The standard InChI is InChI=1S/C28H30FN7O2/c1-27(2,3)21-12-22(18-6-8-20(29)9-7-18)33-36-15-23(32-24(21)36)26(38)35-11-10-34(16-28(35,4)5)25(37)19-13-30-17-31-14-19/h6-9,12-15,17H,10-11,16H2,1-5H3. The van der Waals surface area contributed by atoms with Gasteiger partial charge in [-0.15, -0.1) is 0 Å². The van der Waals surface area contributed by atoms with Crippen molar-refractivity contribution in [3.63, 3.8) is 0 Å². The number of nitrogens with zero attached hydrogens (tertiary/aromatic N) is 7. The predicted molar refractivity (Wildman–Crippen MR) is 140 cm³/mol. The number of piperazine rings is 1. The minimum atomic E-state index is -0.629. The van der Waals surface area contributed by atoms with Gasteiger partial charge in [0.25, 0.3) is 11.8 Å². The van der Waals surface area contributed by atoms with Gasteiger partial charge in [-0.25, -0.2) is 23.9 Å². The highest BCUT2D eigenvalue weighted by molar-refractivity contribution is 5.95. The van der Waals surface area contributed by atoms with Gasteiger partial charge in [-0.1, -0.05) is 20.8 Å². The molecule has 10 heteroatoms. The Labute approximate surface area is 220 Å². The van der Waals surface area contributed by atoms with Crippen LogP contribution in [0.4, 0.5) is 4.39 Å². The monoisotopic (exact) mass is 515 g/mol. The number of imidazole rings is 1. The van der Waals surface area contributed by atoms with Crippen molar-refractivity contribution in [3.8, 4) is 11.3 Å². The van der Waals surface area contributed by atoms with Crippen molar-refractivity contribution in [3.05, 3.63) is 77.9 Å². The van der Waals surface area contributed by atoms with Gasteiger partial charge >= 0.3 is 0 Å². The molecule has 0 aliphatic carbocycles. The highest BCUT2D eigenvalue weighted by Crippen LogP contribution is 2.31. The van der Waals surface area contributed by atoms with Crippen molar-refractivity contribution in [2.24, 2.45) is 0 Å². The summed E-state index contributed by atoms with van der Waals surface area (Å²) < 4.78 is 15.1. The van der Waals surface area contributed by atoms with Crippen molar-refractivity contribution in [1.29, 1.82) is 0 Å². The van der Waals surface area contributed by atoms with Crippen LogP contribution in [0.2, 0.25) is 0 Å². The van der Waals surface area contributed by atoms with Crippen molar-refractivity contribution in [2.75, 3.05) is 19.6 Å². The molecule has 1 fully saturated rings. The number of aromatic nitrogens is 5. The first-order valence-electron chi connectivity index (χ1n) is 12.5. The molecule has 2 amide bonds. The van der Waals surface area contributed by atoms with Crippen molar-refractivity contribution < 1.29 is 14.0 Å². The van der Waals surface area contributed by atoms with Gasteiger partial charge in [-0.05, 0) is 49.6 Å². The Morgan fingerprint density at radius 3 is 2.32 bits per heavy atom. The highest BCUT2D eigenvalue weighted by atomic mass is 19.1. The SMILES string of the molecule is CC(C)(C)c1cc(-c2ccc(F)cc2)nn2cc(C(=O)N3CCN(C(=O)c4cncnc4)CC3(C)C)nc12. The van der Waals surface area contributed by atoms with Crippen LogP contribution in [0.15, 0.2) is 55.2 Å². The molecule has 0 saturated carbocycles. The average Bonchev–Trinajstić information content (AvgIpc) is 3.31. The van der Waals surface area contributed by atoms with E-state index < -0.39 is 5.54 Å². The minimum absolute atomic E-state index is 0.161. The largest absolute Gasteiger partial charge is 0.334 e. The Bertz CT molecular complexity index is 1510. The predicted octanol–water partition coefficient (Wildman–Crippen LogP) is 4.00. The van der Waals surface area contributed by atoms with E-state index in [2.05, 4.69) is 30.7 Å². The van der Waals surface area contributed by atoms with Crippen LogP contribution in [0, 0.1) is 5.82 Å². The Morgan fingerprint density at radius 1 is 1.00 bits per heavy atom. The van der Waals surface area contributed by atoms with Gasteiger partial charge in [0.15, 0.2) is 5.65 Å². The molecule has 4 aromatic rings. The molecule has 0 radical (unpaired) electrons. The van der Waals surface area contributed by atoms with Crippen LogP contribution in [0.1, 0.15) is 61.0 Å². The van der Waals surface area contributed by atoms with Gasteiger partial charge in [-0.2, -0.15) is 5.10 Å². The number of hydrogen-bond donors (Lipinski definition) is 0. The van der Waals surface area contributed by atoms with Crippen LogP contribution in [-0.2, 0) is 5.41 Å². The molecule has 0 bridgehead atoms. The molecular formula is C28H30FN7O2. The zero-order valence-electron chi connectivity index (χ0n) is 22.1. The summed E-state index contributed by atoms with van der Waals surface area (Å²) in [6.07, 6.45) is 6.02. The smallest absolute Gasteiger partial charge is 0.274 e. The van der Waals surface area contributed by atoms with Crippen LogP contribution >= 0.6 is 0 Å². The van der Waals surface area contributed by atoms with Gasteiger partial charge < -0.3 is 9.80 Å². The van der Waals surface area contributed by atoms with E-state index in [9.17, 15) is 14.0 Å². The summed E-state index contributed by atoms with van der Waals surface area (Å²) in [6, 6.07) is 8.12. The summed E-state index contributed by atoms with van der Waals surface area (Å²) in [4.78, 5) is 42.8. The zero-order valence-corrected chi connectivity index (χ0v) is 22.1. The second-order valence-corrected chi connectivity index (χ2v) is 11.2. The first kappa shape index (κ1) is 25.4. The van der Waals surface area contributed by atoms with Crippen LogP contribution in [0.3, 0.4) is 0 Å². The van der Waals surface area contributed by atoms with E-state index >= 15 is 0 Å². The van der Waals surface area contributed by atoms with Gasteiger partial charge in [-0.3, -0.25) is 9.59 Å². The fraction of sp³-hybridized carbons (Fsp3) is 0.357. The molecule has 1 aliphatic heterocycles. The summed E-state index contributed by atoms with van der Waals surface area (Å²) >= 11 is 0. The molecule has 4 heterocycles. The number of carbonyl (C=O) groups is 2. The van der Waals surface area contributed by atoms with E-state index in [0.717, 1.165) is 11.1 Å². The molecule has 1 saturated heterocycles. The van der Waals surface area contributed by atoms with Gasteiger partial charge in [0.1, 0.15) is 17.8 Å². The molecule has 1 aromatic carbocycles. The van der Waals surface area contributed by atoms with E-state index in [-0.39, 0.29) is 28.7 Å². The Hall–Kier alpha value is -4.21. The van der Waals surface area contributed by atoms with Gasteiger partial charge in [0.05, 0.1) is 23.0 Å². The number of carbonyl (C=O) groups excluding carboxylic acids is 2. The molecule has 1 aliphatic rings. The third-order valence-corrected chi connectivity index (χ3v) is 6.83. The number of amides is 2. The number of halogens is 1. The Kier molecular flexibility index (Phi) is 6.21. The van der Waals surface area contributed by atoms with Crippen molar-refractivity contribution in [2.45, 2.75) is 45.6 Å². The van der Waals surface area contributed by atoms with Crippen LogP contribution in [0.25, 0.3) is 16.9 Å². The quantitative estimate of drug-likeness (QED) is 0.409. The maximum atomic E-state index is 13.7. The summed E-state index contributed by atoms with van der Waals surface area (Å²) in [6.45, 7) is 11.2. The van der Waals surface area contributed by atoms with Gasteiger partial charge in [0.2, 0.25) is 0 Å². The Morgan fingerprint density at radius 2 is 1.68 bits per heavy atom. The molecule has 38 heavy (non-hydrogen) atoms. The second kappa shape index (κ2) is 9.27. The van der Waals surface area contributed by atoms with Crippen LogP contribution < -0.4 is 0 Å². The second-order valence-electron chi connectivity index (χ2n) is 11.2. The minimum Gasteiger partial charge on any atom is -0.334 e. The molecule has 0 unspecified atom stereocenters. The third-order valence-electron chi connectivity index (χ3n) is 6.83. The molecule has 5 rings (SSSR count). The molecule has 0 spiro atoms. The lowest BCUT2D eigenvalue weighted by Gasteiger charge is -2.46. The van der Waals surface area contributed by atoms with Crippen molar-refractivity contribution >= 4 is 17.5 Å². The zero-order chi connectivity index (χ0) is 27.2. The molecule has 9 nitrogen and oxygen atoms in total. The van der Waals surface area contributed by atoms with E-state index in [1.54, 1.807) is 32.6 Å². The number of rotatable bonds is 3. The lowest BCUT2D eigenvalue weighted by molar-refractivity contribution is 0.0164. The summed E-state index contributed by atoms with van der Waals surface area (Å²) in [5.74, 6) is -0.701. The summed E-state index contributed by atoms with van der Waals surface area (Å²) in [7, 11) is 0. The summed E-state index contributed by atoms with van der Waals surface area (Å²) in [5.41, 5.74) is 2.74. The van der Waals surface area contributed by atoms with E-state index in [0.29, 0.717) is 36.5 Å². The number of hydrogen-bond acceptors (Lipinski definition) is 6. The molecule has 196 valence electrons. The maximum Gasteiger partial charge on any atom is 0.274 e. The van der Waals surface area contributed by atoms with E-state index in [4.69, 9.17) is 10.1 Å². The number of fused-ring (bicyclic) bond motifs is 1. The highest BCUT2D eigenvalue weighted by Gasteiger charge is 2.40. The molecule has 0 N–H and O–H groups in total. The first-order chi connectivity index (χ1) is 17.9. The van der Waals surface area contributed by atoms with E-state index in [1.165, 1.54) is 30.9 Å². The Balaban J connectivity index is 1.46. The third kappa shape index (κ3) is 4.73.